The summed E-state index contributed by atoms with van der Waals surface area (Å²) in [4.78, 5) is 13.2. The topological polar surface area (TPSA) is 119 Å². The summed E-state index contributed by atoms with van der Waals surface area (Å²) in [5.74, 6) is -0.385. The minimum atomic E-state index is -3.81. The molecule has 0 aliphatic heterocycles. The molecule has 0 saturated carbocycles. The second-order valence-corrected chi connectivity index (χ2v) is 10.9. The van der Waals surface area contributed by atoms with Crippen molar-refractivity contribution in [3.63, 3.8) is 0 Å². The van der Waals surface area contributed by atoms with Gasteiger partial charge in [-0.25, -0.2) is 9.82 Å². The fourth-order valence-corrected chi connectivity index (χ4v) is 4.77. The molecular weight excluding hydrogens is 557 g/mol. The summed E-state index contributed by atoms with van der Waals surface area (Å²) in [5, 5.41) is 13.9. The van der Waals surface area contributed by atoms with Crippen molar-refractivity contribution in [3.05, 3.63) is 104 Å². The third-order valence-corrected chi connectivity index (χ3v) is 6.85. The van der Waals surface area contributed by atoms with Crippen molar-refractivity contribution < 1.29 is 13.2 Å². The van der Waals surface area contributed by atoms with Gasteiger partial charge >= 0.3 is 0 Å². The van der Waals surface area contributed by atoms with E-state index < -0.39 is 10.2 Å². The number of aromatic nitrogens is 2. The SMILES string of the molecule is Cc1c(C(=O)NCc2cccc(CNS(N)(=O)=O)c2)nn(-c2ccc(Cl)cc2Cl)c1-c1ccc(Cl)cc1. The molecule has 0 unspecified atom stereocenters. The highest BCUT2D eigenvalue weighted by atomic mass is 35.5. The van der Waals surface area contributed by atoms with E-state index in [1.54, 1.807) is 53.2 Å². The molecular formula is C25H22Cl3N5O3S. The molecule has 4 N–H and O–H groups in total. The highest BCUT2D eigenvalue weighted by molar-refractivity contribution is 7.87. The van der Waals surface area contributed by atoms with Gasteiger partial charge in [0.15, 0.2) is 5.69 Å². The molecule has 0 aliphatic rings. The lowest BCUT2D eigenvalue weighted by molar-refractivity contribution is 0.0945. The predicted octanol–water partition coefficient (Wildman–Crippen LogP) is 5.03. The zero-order valence-corrected chi connectivity index (χ0v) is 22.6. The Morgan fingerprint density at radius 1 is 0.946 bits per heavy atom. The Bertz CT molecular complexity index is 1570. The van der Waals surface area contributed by atoms with E-state index in [-0.39, 0.29) is 24.7 Å². The maximum atomic E-state index is 13.2. The molecule has 0 spiro atoms. The first-order chi connectivity index (χ1) is 17.5. The average Bonchev–Trinajstić information content (AvgIpc) is 3.18. The van der Waals surface area contributed by atoms with Gasteiger partial charge in [-0.15, -0.1) is 0 Å². The minimum absolute atomic E-state index is 0.0381. The van der Waals surface area contributed by atoms with E-state index in [1.807, 2.05) is 25.1 Å². The number of hydrogen-bond donors (Lipinski definition) is 3. The summed E-state index contributed by atoms with van der Waals surface area (Å²) < 4.78 is 26.2. The molecule has 8 nitrogen and oxygen atoms in total. The summed E-state index contributed by atoms with van der Waals surface area (Å²) in [7, 11) is -3.81. The number of amides is 1. The molecule has 0 radical (unpaired) electrons. The van der Waals surface area contributed by atoms with Crippen LogP contribution in [0.1, 0.15) is 27.2 Å². The Morgan fingerprint density at radius 2 is 1.59 bits per heavy atom. The molecule has 37 heavy (non-hydrogen) atoms. The third-order valence-electron chi connectivity index (χ3n) is 5.51. The van der Waals surface area contributed by atoms with Crippen molar-refractivity contribution in [1.82, 2.24) is 19.8 Å². The standard InChI is InChI=1S/C25H22Cl3N5O3S/c1-15-23(25(34)30-13-16-3-2-4-17(11-16)14-31-37(29,35)36)32-33(22-10-9-20(27)12-21(22)28)24(15)18-5-7-19(26)8-6-18/h2-12,31H,13-14H2,1H3,(H,30,34)(H2,29,35,36). The van der Waals surface area contributed by atoms with Gasteiger partial charge in [-0.3, -0.25) is 4.79 Å². The molecule has 0 aliphatic carbocycles. The Morgan fingerprint density at radius 3 is 2.24 bits per heavy atom. The van der Waals surface area contributed by atoms with Gasteiger partial charge in [-0.05, 0) is 48.4 Å². The van der Waals surface area contributed by atoms with Gasteiger partial charge in [0, 0.05) is 34.3 Å². The summed E-state index contributed by atoms with van der Waals surface area (Å²) in [5.41, 5.74) is 4.39. The molecule has 0 fully saturated rings. The molecule has 12 heteroatoms. The number of nitrogens with zero attached hydrogens (tertiary/aromatic N) is 2. The molecule has 1 heterocycles. The Labute approximate surface area is 229 Å². The summed E-state index contributed by atoms with van der Waals surface area (Å²) in [6, 6.07) is 19.4. The predicted molar refractivity (Wildman–Crippen MR) is 146 cm³/mol. The van der Waals surface area contributed by atoms with Crippen LogP contribution in [0.15, 0.2) is 66.7 Å². The van der Waals surface area contributed by atoms with Crippen molar-refractivity contribution in [3.8, 4) is 16.9 Å². The maximum absolute atomic E-state index is 13.2. The molecule has 1 aromatic heterocycles. The number of carbonyl (C=O) groups is 1. The second kappa shape index (κ2) is 11.2. The van der Waals surface area contributed by atoms with Crippen LogP contribution in [0.5, 0.6) is 0 Å². The number of halogens is 3. The lowest BCUT2D eigenvalue weighted by Gasteiger charge is -2.11. The van der Waals surface area contributed by atoms with Crippen molar-refractivity contribution in [2.24, 2.45) is 5.14 Å². The van der Waals surface area contributed by atoms with Gasteiger partial charge in [0.25, 0.3) is 16.1 Å². The first kappa shape index (κ1) is 27.1. The van der Waals surface area contributed by atoms with Crippen LogP contribution in [-0.2, 0) is 23.3 Å². The number of benzene rings is 3. The fourth-order valence-electron chi connectivity index (χ4n) is 3.79. The zero-order chi connectivity index (χ0) is 26.7. The van der Waals surface area contributed by atoms with Crippen molar-refractivity contribution in [1.29, 1.82) is 0 Å². The Balaban J connectivity index is 1.64. The van der Waals surface area contributed by atoms with Crippen molar-refractivity contribution in [2.45, 2.75) is 20.0 Å². The average molecular weight is 579 g/mol. The van der Waals surface area contributed by atoms with E-state index in [0.717, 1.165) is 11.1 Å². The summed E-state index contributed by atoms with van der Waals surface area (Å²) in [6.45, 7) is 2.05. The number of rotatable bonds is 8. The van der Waals surface area contributed by atoms with Gasteiger partial charge in [0.1, 0.15) is 0 Å². The zero-order valence-electron chi connectivity index (χ0n) is 19.5. The molecule has 4 rings (SSSR count). The molecule has 0 saturated heterocycles. The van der Waals surface area contributed by atoms with Crippen LogP contribution in [0, 0.1) is 6.92 Å². The van der Waals surface area contributed by atoms with E-state index in [2.05, 4.69) is 15.1 Å². The van der Waals surface area contributed by atoms with Crippen molar-refractivity contribution in [2.75, 3.05) is 0 Å². The smallest absolute Gasteiger partial charge is 0.274 e. The van der Waals surface area contributed by atoms with Crippen molar-refractivity contribution >= 4 is 50.9 Å². The molecule has 3 aromatic carbocycles. The van der Waals surface area contributed by atoms with Crippen LogP contribution < -0.4 is 15.2 Å². The highest BCUT2D eigenvalue weighted by Crippen LogP contribution is 2.33. The number of carbonyl (C=O) groups excluding carboxylic acids is 1. The second-order valence-electron chi connectivity index (χ2n) is 8.21. The van der Waals surface area contributed by atoms with E-state index in [9.17, 15) is 13.2 Å². The summed E-state index contributed by atoms with van der Waals surface area (Å²) >= 11 is 18.7. The fraction of sp³-hybridized carbons (Fsp3) is 0.120. The molecule has 4 aromatic rings. The van der Waals surface area contributed by atoms with Crippen LogP contribution in [0.25, 0.3) is 16.9 Å². The lowest BCUT2D eigenvalue weighted by Crippen LogP contribution is -2.30. The van der Waals surface area contributed by atoms with E-state index in [0.29, 0.717) is 37.6 Å². The minimum Gasteiger partial charge on any atom is -0.347 e. The van der Waals surface area contributed by atoms with Crippen LogP contribution in [0.2, 0.25) is 15.1 Å². The highest BCUT2D eigenvalue weighted by Gasteiger charge is 2.23. The summed E-state index contributed by atoms with van der Waals surface area (Å²) in [6.07, 6.45) is 0. The van der Waals surface area contributed by atoms with Gasteiger partial charge in [0.05, 0.1) is 16.4 Å². The van der Waals surface area contributed by atoms with Crippen LogP contribution in [0.3, 0.4) is 0 Å². The molecule has 0 bridgehead atoms. The number of hydrogen-bond acceptors (Lipinski definition) is 4. The lowest BCUT2D eigenvalue weighted by atomic mass is 10.1. The molecule has 192 valence electrons. The monoisotopic (exact) mass is 577 g/mol. The van der Waals surface area contributed by atoms with Gasteiger partial charge < -0.3 is 5.32 Å². The first-order valence-electron chi connectivity index (χ1n) is 11.0. The van der Waals surface area contributed by atoms with E-state index >= 15 is 0 Å². The van der Waals surface area contributed by atoms with Crippen LogP contribution in [-0.4, -0.2) is 24.1 Å². The van der Waals surface area contributed by atoms with E-state index in [4.69, 9.17) is 39.9 Å². The molecule has 1 amide bonds. The van der Waals surface area contributed by atoms with Crippen LogP contribution in [0.4, 0.5) is 0 Å². The quantitative estimate of drug-likeness (QED) is 0.272. The number of nitrogens with one attached hydrogen (secondary N) is 2. The third kappa shape index (κ3) is 6.70. The Hall–Kier alpha value is -2.92. The molecule has 0 atom stereocenters. The first-order valence-corrected chi connectivity index (χ1v) is 13.6. The number of nitrogens with two attached hydrogens (primary N) is 1. The van der Waals surface area contributed by atoms with Gasteiger partial charge in [-0.1, -0.05) is 71.2 Å². The van der Waals surface area contributed by atoms with Crippen LogP contribution >= 0.6 is 34.8 Å². The van der Waals surface area contributed by atoms with Gasteiger partial charge in [-0.2, -0.15) is 18.2 Å². The maximum Gasteiger partial charge on any atom is 0.274 e. The largest absolute Gasteiger partial charge is 0.347 e. The normalized spacial score (nSPS) is 11.5. The van der Waals surface area contributed by atoms with E-state index in [1.165, 1.54) is 0 Å². The van der Waals surface area contributed by atoms with Gasteiger partial charge in [0.2, 0.25) is 0 Å². The Kier molecular flexibility index (Phi) is 8.23.